The quantitative estimate of drug-likeness (QED) is 0.562. The van der Waals surface area contributed by atoms with Crippen LogP contribution >= 0.6 is 0 Å². The summed E-state index contributed by atoms with van der Waals surface area (Å²) in [7, 11) is -3.92. The zero-order chi connectivity index (χ0) is 24.6. The van der Waals surface area contributed by atoms with Gasteiger partial charge in [-0.15, -0.1) is 0 Å². The molecule has 0 saturated carbocycles. The van der Waals surface area contributed by atoms with Crippen LogP contribution in [0.4, 0.5) is 15.8 Å². The van der Waals surface area contributed by atoms with Gasteiger partial charge in [-0.25, -0.2) is 17.8 Å². The van der Waals surface area contributed by atoms with Crippen molar-refractivity contribution < 1.29 is 22.0 Å². The molecule has 2 aromatic rings. The number of rotatable bonds is 7. The molecule has 0 bridgehead atoms. The van der Waals surface area contributed by atoms with Crippen LogP contribution in [0.1, 0.15) is 33.1 Å². The number of fused-ring (bicyclic) bond motifs is 1. The van der Waals surface area contributed by atoms with Crippen molar-refractivity contribution in [1.29, 1.82) is 0 Å². The van der Waals surface area contributed by atoms with Crippen LogP contribution in [0.25, 0.3) is 5.57 Å². The fourth-order valence-corrected chi connectivity index (χ4v) is 5.28. The van der Waals surface area contributed by atoms with Crippen molar-refractivity contribution in [2.45, 2.75) is 27.2 Å². The fourth-order valence-electron chi connectivity index (χ4n) is 3.89. The lowest BCUT2D eigenvalue weighted by atomic mass is 9.68. The van der Waals surface area contributed by atoms with Crippen LogP contribution in [0.3, 0.4) is 0 Å². The van der Waals surface area contributed by atoms with Crippen molar-refractivity contribution in [3.63, 3.8) is 0 Å². The van der Waals surface area contributed by atoms with Gasteiger partial charge in [0.2, 0.25) is 11.8 Å². The molecule has 0 fully saturated rings. The summed E-state index contributed by atoms with van der Waals surface area (Å²) >= 11 is 0. The smallest absolute Gasteiger partial charge is 0.262 e. The number of anilines is 2. The summed E-state index contributed by atoms with van der Waals surface area (Å²) in [6.07, 6.45) is 12.6. The fraction of sp³-hybridized carbons (Fsp3) is 0.280. The van der Waals surface area contributed by atoms with Crippen LogP contribution in [-0.2, 0) is 14.8 Å². The minimum Gasteiger partial charge on any atom is -0.445 e. The van der Waals surface area contributed by atoms with Crippen molar-refractivity contribution in [3.8, 4) is 0 Å². The Morgan fingerprint density at radius 2 is 1.85 bits per heavy atom. The van der Waals surface area contributed by atoms with Crippen LogP contribution in [0.2, 0.25) is 0 Å². The number of hydrogen-bond donors (Lipinski definition) is 2. The highest BCUT2D eigenvalue weighted by atomic mass is 32.2. The molecule has 1 amide bonds. The van der Waals surface area contributed by atoms with Gasteiger partial charge in [0.05, 0.1) is 16.5 Å². The molecule has 2 aliphatic carbocycles. The lowest BCUT2D eigenvalue weighted by molar-refractivity contribution is -0.124. The van der Waals surface area contributed by atoms with Crippen LogP contribution in [0.5, 0.6) is 0 Å². The summed E-state index contributed by atoms with van der Waals surface area (Å²) in [5.74, 6) is -0.00108. The molecule has 34 heavy (non-hydrogen) atoms. The maximum absolute atomic E-state index is 13.4. The van der Waals surface area contributed by atoms with Crippen molar-refractivity contribution in [2.75, 3.05) is 16.7 Å². The molecule has 2 aliphatic rings. The number of alkyl halides is 1. The summed E-state index contributed by atoms with van der Waals surface area (Å²) in [5, 5.41) is 2.64. The van der Waals surface area contributed by atoms with Gasteiger partial charge < -0.3 is 9.73 Å². The molecule has 1 aromatic carbocycles. The molecule has 1 unspecified atom stereocenters. The molecule has 2 N–H and O–H groups in total. The SMILES string of the molecule is CC(C)(CF)C(=O)Nc1ccc(NS(=O)(=O)C2=CC=C(c3ncco3)C3(C)CC=CC=C23)cc1. The van der Waals surface area contributed by atoms with E-state index in [1.54, 1.807) is 48.7 Å². The van der Waals surface area contributed by atoms with Crippen molar-refractivity contribution in [1.82, 2.24) is 4.98 Å². The number of allylic oxidation sites excluding steroid dienone is 7. The van der Waals surface area contributed by atoms with Gasteiger partial charge in [0, 0.05) is 22.4 Å². The van der Waals surface area contributed by atoms with E-state index in [9.17, 15) is 17.6 Å². The Morgan fingerprint density at radius 3 is 2.50 bits per heavy atom. The van der Waals surface area contributed by atoms with Crippen molar-refractivity contribution in [2.24, 2.45) is 10.8 Å². The highest BCUT2D eigenvalue weighted by Crippen LogP contribution is 2.51. The molecule has 1 heterocycles. The first-order valence-corrected chi connectivity index (χ1v) is 12.3. The largest absolute Gasteiger partial charge is 0.445 e. The van der Waals surface area contributed by atoms with E-state index >= 15 is 0 Å². The third-order valence-corrected chi connectivity index (χ3v) is 7.52. The van der Waals surface area contributed by atoms with Gasteiger partial charge in [-0.2, -0.15) is 0 Å². The van der Waals surface area contributed by atoms with E-state index < -0.39 is 33.4 Å². The van der Waals surface area contributed by atoms with E-state index in [-0.39, 0.29) is 4.91 Å². The Kier molecular flexibility index (Phi) is 6.07. The summed E-state index contributed by atoms with van der Waals surface area (Å²) in [6, 6.07) is 6.21. The van der Waals surface area contributed by atoms with Gasteiger partial charge in [0.25, 0.3) is 10.0 Å². The van der Waals surface area contributed by atoms with Crippen LogP contribution in [0, 0.1) is 10.8 Å². The predicted molar refractivity (Wildman–Crippen MR) is 130 cm³/mol. The molecule has 4 rings (SSSR count). The van der Waals surface area contributed by atoms with Crippen molar-refractivity contribution in [3.05, 3.63) is 83.5 Å². The summed E-state index contributed by atoms with van der Waals surface area (Å²) in [6.45, 7) is 4.19. The Bertz CT molecular complexity index is 1320. The number of sulfonamides is 1. The molecule has 7 nitrogen and oxygen atoms in total. The van der Waals surface area contributed by atoms with E-state index in [4.69, 9.17) is 4.42 Å². The highest BCUT2D eigenvalue weighted by Gasteiger charge is 2.42. The number of carbonyl (C=O) groups excluding carboxylic acids is 1. The van der Waals surface area contributed by atoms with Gasteiger partial charge in [0.15, 0.2) is 0 Å². The maximum atomic E-state index is 13.4. The van der Waals surface area contributed by atoms with Crippen LogP contribution in [0.15, 0.2) is 82.0 Å². The van der Waals surface area contributed by atoms with E-state index in [1.165, 1.54) is 20.1 Å². The number of nitrogens with one attached hydrogen (secondary N) is 2. The van der Waals surface area contributed by atoms with Crippen LogP contribution in [-0.4, -0.2) is 26.0 Å². The average Bonchev–Trinajstić information content (AvgIpc) is 3.33. The lowest BCUT2D eigenvalue weighted by Gasteiger charge is -2.37. The number of carbonyl (C=O) groups is 1. The third kappa shape index (κ3) is 4.35. The van der Waals surface area contributed by atoms with Crippen LogP contribution < -0.4 is 10.0 Å². The van der Waals surface area contributed by atoms with E-state index in [2.05, 4.69) is 15.0 Å². The number of amides is 1. The van der Waals surface area contributed by atoms with Gasteiger partial charge in [-0.3, -0.25) is 9.52 Å². The van der Waals surface area contributed by atoms with Gasteiger partial charge >= 0.3 is 0 Å². The first-order valence-electron chi connectivity index (χ1n) is 10.8. The first-order chi connectivity index (χ1) is 16.1. The summed E-state index contributed by atoms with van der Waals surface area (Å²) in [4.78, 5) is 16.6. The van der Waals surface area contributed by atoms with E-state index in [0.29, 0.717) is 29.3 Å². The predicted octanol–water partition coefficient (Wildman–Crippen LogP) is 5.22. The second kappa shape index (κ2) is 8.72. The molecule has 1 atom stereocenters. The van der Waals surface area contributed by atoms with Gasteiger partial charge in [0.1, 0.15) is 12.9 Å². The Labute approximate surface area is 198 Å². The Morgan fingerprint density at radius 1 is 1.15 bits per heavy atom. The standard InChI is InChI=1S/C25H26FN3O4S/c1-24(2,16-26)23(30)28-17-7-9-18(10-8-17)29-34(31,32)21-12-11-20(22-27-14-15-33-22)25(3)13-5-4-6-19(21)25/h4-12,14-15,29H,13,16H2,1-3H3,(H,28,30). The minimum absolute atomic E-state index is 0.164. The monoisotopic (exact) mass is 483 g/mol. The topological polar surface area (TPSA) is 101 Å². The van der Waals surface area contributed by atoms with Crippen molar-refractivity contribution >= 4 is 32.9 Å². The second-order valence-corrected chi connectivity index (χ2v) is 10.8. The van der Waals surface area contributed by atoms with E-state index in [1.807, 2.05) is 19.1 Å². The molecule has 178 valence electrons. The number of aromatic nitrogens is 1. The Hall–Kier alpha value is -3.46. The number of nitrogens with zero attached hydrogens (tertiary/aromatic N) is 1. The van der Waals surface area contributed by atoms with Gasteiger partial charge in [-0.1, -0.05) is 31.2 Å². The molecule has 0 aliphatic heterocycles. The Balaban J connectivity index is 1.59. The second-order valence-electron chi connectivity index (χ2n) is 9.15. The average molecular weight is 484 g/mol. The minimum atomic E-state index is -3.92. The number of hydrogen-bond acceptors (Lipinski definition) is 5. The summed E-state index contributed by atoms with van der Waals surface area (Å²) in [5.41, 5.74) is 0.465. The molecular weight excluding hydrogens is 457 g/mol. The zero-order valence-electron chi connectivity index (χ0n) is 19.1. The van der Waals surface area contributed by atoms with E-state index in [0.717, 1.165) is 5.57 Å². The summed E-state index contributed by atoms with van der Waals surface area (Å²) < 4.78 is 47.8. The normalized spacial score (nSPS) is 20.1. The molecule has 1 aromatic heterocycles. The zero-order valence-corrected chi connectivity index (χ0v) is 19.9. The lowest BCUT2D eigenvalue weighted by Crippen LogP contribution is -2.32. The molecule has 0 saturated heterocycles. The highest BCUT2D eigenvalue weighted by molar-refractivity contribution is 7.96. The number of benzene rings is 1. The number of halogens is 1. The molecule has 0 spiro atoms. The third-order valence-electron chi connectivity index (χ3n) is 6.08. The maximum Gasteiger partial charge on any atom is 0.262 e. The molecular formula is C25H26FN3O4S. The molecule has 9 heteroatoms. The first kappa shape index (κ1) is 23.7. The number of oxazole rings is 1. The molecule has 0 radical (unpaired) electrons. The van der Waals surface area contributed by atoms with Gasteiger partial charge in [-0.05, 0) is 56.2 Å².